The molecule has 3 aliphatic carbocycles. The predicted molar refractivity (Wildman–Crippen MR) is 296 cm³/mol. The molecule has 0 radical (unpaired) electrons. The van der Waals surface area contributed by atoms with Gasteiger partial charge in [-0.15, -0.1) is 0 Å². The number of aromatic nitrogens is 2. The highest BCUT2D eigenvalue weighted by molar-refractivity contribution is 6.08. The van der Waals surface area contributed by atoms with Crippen LogP contribution in [0.1, 0.15) is 118 Å². The molecule has 5 nitrogen and oxygen atoms in total. The minimum absolute atomic E-state index is 0.443. The van der Waals surface area contributed by atoms with E-state index >= 15 is 0 Å². The fraction of sp³-hybridized carbons (Fsp3) is 0.277. The number of anilines is 1. The lowest BCUT2D eigenvalue weighted by Crippen LogP contribution is -2.26. The summed E-state index contributed by atoms with van der Waals surface area (Å²) in [5, 5.41) is 12.7. The summed E-state index contributed by atoms with van der Waals surface area (Å²) >= 11 is 0. The van der Waals surface area contributed by atoms with Crippen LogP contribution < -0.4 is 4.90 Å². The van der Waals surface area contributed by atoms with Crippen molar-refractivity contribution in [2.45, 2.75) is 95.8 Å². The zero-order chi connectivity index (χ0) is 46.5. The topological polar surface area (TPSA) is 50.1 Å². The number of hydrogen-bond donors (Lipinski definition) is 1. The SMILES string of the molecule is N=C/C=C\C=C(\c1ccccc1-c1ccc2c(c1)c1c(n2-c2ccc3oc4ccc(-n5c6c(c7ccccc75)N5CCCC/C(=C/C=C\6)C5)cc4c3c2)/C=C\C=C2\CCCCC1C2)C1CCCCCC1. The molecule has 1 N–H and O–H groups in total. The Bertz CT molecular complexity index is 3550. The molecule has 4 bridgehead atoms. The number of para-hydroxylation sites is 1. The third-order valence-corrected chi connectivity index (χ3v) is 16.5. The highest BCUT2D eigenvalue weighted by Crippen LogP contribution is 2.47. The number of rotatable bonds is 7. The average molecular weight is 915 g/mol. The van der Waals surface area contributed by atoms with Gasteiger partial charge in [0, 0.05) is 52.2 Å². The number of benzene rings is 5. The lowest BCUT2D eigenvalue weighted by molar-refractivity contribution is 0.575. The van der Waals surface area contributed by atoms with Gasteiger partial charge in [0.25, 0.3) is 0 Å². The highest BCUT2D eigenvalue weighted by Gasteiger charge is 2.29. The molecule has 13 rings (SSSR count). The lowest BCUT2D eigenvalue weighted by atomic mass is 9.82. The van der Waals surface area contributed by atoms with Gasteiger partial charge in [-0.1, -0.05) is 128 Å². The van der Waals surface area contributed by atoms with E-state index < -0.39 is 0 Å². The number of nitrogens with zero attached hydrogens (tertiary/aromatic N) is 3. The van der Waals surface area contributed by atoms with E-state index in [1.807, 2.05) is 6.08 Å². The van der Waals surface area contributed by atoms with E-state index in [0.29, 0.717) is 11.8 Å². The van der Waals surface area contributed by atoms with Gasteiger partial charge < -0.3 is 23.9 Å². The average Bonchev–Trinajstić information content (AvgIpc) is 3.65. The third-order valence-electron chi connectivity index (χ3n) is 16.5. The number of allylic oxidation sites excluding steroid dienone is 9. The van der Waals surface area contributed by atoms with Crippen LogP contribution in [0.25, 0.3) is 84.0 Å². The second-order valence-corrected chi connectivity index (χ2v) is 20.7. The summed E-state index contributed by atoms with van der Waals surface area (Å²) < 4.78 is 11.7. The minimum atomic E-state index is 0.443. The number of fused-ring (bicyclic) bond motifs is 15. The molecule has 1 unspecified atom stereocenters. The summed E-state index contributed by atoms with van der Waals surface area (Å²) in [7, 11) is 0. The Balaban J connectivity index is 0.980. The van der Waals surface area contributed by atoms with E-state index in [4.69, 9.17) is 9.83 Å². The molecule has 5 heterocycles. The van der Waals surface area contributed by atoms with E-state index in [9.17, 15) is 0 Å². The van der Waals surface area contributed by atoms with Gasteiger partial charge in [0.05, 0.1) is 28.1 Å². The first-order chi connectivity index (χ1) is 34.7. The largest absolute Gasteiger partial charge is 0.456 e. The van der Waals surface area contributed by atoms with Crippen LogP contribution in [0.3, 0.4) is 0 Å². The number of furan rings is 1. The van der Waals surface area contributed by atoms with Crippen LogP contribution in [-0.4, -0.2) is 28.4 Å². The van der Waals surface area contributed by atoms with Crippen LogP contribution in [0, 0.1) is 11.3 Å². The van der Waals surface area contributed by atoms with Gasteiger partial charge in [0.15, 0.2) is 0 Å². The Labute approximate surface area is 412 Å². The van der Waals surface area contributed by atoms with Crippen LogP contribution in [0.5, 0.6) is 0 Å². The molecule has 2 saturated carbocycles. The summed E-state index contributed by atoms with van der Waals surface area (Å²) in [5.74, 6) is 0.951. The molecule has 5 aromatic carbocycles. The van der Waals surface area contributed by atoms with Crippen molar-refractivity contribution < 1.29 is 4.42 Å². The Kier molecular flexibility index (Phi) is 11.2. The number of hydrogen-bond acceptors (Lipinski definition) is 3. The molecule has 3 fully saturated rings. The third kappa shape index (κ3) is 7.57. The molecule has 1 atom stereocenters. The van der Waals surface area contributed by atoms with Crippen molar-refractivity contribution >= 4 is 73.4 Å². The van der Waals surface area contributed by atoms with Crippen molar-refractivity contribution in [3.63, 3.8) is 0 Å². The molecule has 0 amide bonds. The molecule has 348 valence electrons. The fourth-order valence-electron chi connectivity index (χ4n) is 13.2. The smallest absolute Gasteiger partial charge is 0.135 e. The minimum Gasteiger partial charge on any atom is -0.456 e. The summed E-state index contributed by atoms with van der Waals surface area (Å²) in [5.41, 5.74) is 20.4. The van der Waals surface area contributed by atoms with Crippen LogP contribution in [0.15, 0.2) is 161 Å². The second-order valence-electron chi connectivity index (χ2n) is 20.7. The molecular formula is C65H62N4O. The first kappa shape index (κ1) is 43.0. The highest BCUT2D eigenvalue weighted by atomic mass is 16.3. The first-order valence-electron chi connectivity index (χ1n) is 26.4. The van der Waals surface area contributed by atoms with Gasteiger partial charge in [-0.2, -0.15) is 0 Å². The van der Waals surface area contributed by atoms with E-state index in [-0.39, 0.29) is 0 Å². The van der Waals surface area contributed by atoms with E-state index in [0.717, 1.165) is 52.8 Å². The van der Waals surface area contributed by atoms with Crippen molar-refractivity contribution in [2.24, 2.45) is 5.92 Å². The Morgan fingerprint density at radius 2 is 1.30 bits per heavy atom. The Morgan fingerprint density at radius 3 is 2.13 bits per heavy atom. The van der Waals surface area contributed by atoms with Crippen LogP contribution in [0.4, 0.5) is 5.69 Å². The Morgan fingerprint density at radius 1 is 0.600 bits per heavy atom. The molecule has 5 heteroatoms. The van der Waals surface area contributed by atoms with Gasteiger partial charge in [0.1, 0.15) is 11.2 Å². The molecule has 3 aromatic heterocycles. The van der Waals surface area contributed by atoms with Crippen molar-refractivity contribution in [1.82, 2.24) is 9.13 Å². The standard InChI is InChI=1S/C65H62N4O/c66-37-13-11-25-51(46-21-3-1-2-4-22-46)53-26-8-7-24-52(53)47-31-34-59-57(40-47)64-48-23-6-5-17-44(39-48)19-15-29-60(64)68(59)49-32-35-62-55(41-49)56-42-50(33-36-63(56)70-62)69-58-28-10-9-27-54(58)65-61(69)30-16-20-45-18-12-14-38-67(65)43-45/h7-11,13,15-16,19-20,24-37,40-42,46,48,66H,1-6,12,14,17-18,21-23,38-39,43H2/b13-11-,29-15-,30-16-,44-19-,45-20-,51-25+,66-37?. The van der Waals surface area contributed by atoms with E-state index in [2.05, 4.69) is 166 Å². The molecule has 1 saturated heterocycles. The summed E-state index contributed by atoms with van der Waals surface area (Å²) in [4.78, 5) is 2.63. The second kappa shape index (κ2) is 18.3. The maximum atomic E-state index is 7.74. The zero-order valence-corrected chi connectivity index (χ0v) is 40.3. The maximum Gasteiger partial charge on any atom is 0.135 e. The predicted octanol–water partition coefficient (Wildman–Crippen LogP) is 17.6. The van der Waals surface area contributed by atoms with Crippen LogP contribution >= 0.6 is 0 Å². The maximum absolute atomic E-state index is 7.74. The Hall–Kier alpha value is -7.11. The molecule has 8 aromatic rings. The van der Waals surface area contributed by atoms with Gasteiger partial charge in [-0.05, 0) is 170 Å². The molecule has 5 aliphatic rings. The summed E-state index contributed by atoms with van der Waals surface area (Å²) in [6, 6.07) is 39.1. The van der Waals surface area contributed by atoms with Crippen molar-refractivity contribution in [3.05, 3.63) is 179 Å². The molecule has 2 aliphatic heterocycles. The van der Waals surface area contributed by atoms with Crippen LogP contribution in [0.2, 0.25) is 0 Å². The molecule has 70 heavy (non-hydrogen) atoms. The van der Waals surface area contributed by atoms with E-state index in [1.54, 1.807) is 5.57 Å². The van der Waals surface area contributed by atoms with Gasteiger partial charge in [0.2, 0.25) is 0 Å². The van der Waals surface area contributed by atoms with Crippen LogP contribution in [-0.2, 0) is 0 Å². The van der Waals surface area contributed by atoms with Crippen molar-refractivity contribution in [1.29, 1.82) is 5.41 Å². The normalized spacial score (nSPS) is 21.4. The monoisotopic (exact) mass is 914 g/mol. The number of nitrogens with one attached hydrogen (secondary N) is 1. The molecular weight excluding hydrogens is 853 g/mol. The summed E-state index contributed by atoms with van der Waals surface area (Å²) in [6.45, 7) is 2.06. The fourth-order valence-corrected chi connectivity index (χ4v) is 13.2. The van der Waals surface area contributed by atoms with Gasteiger partial charge in [-0.25, -0.2) is 0 Å². The lowest BCUT2D eigenvalue weighted by Gasteiger charge is -2.25. The van der Waals surface area contributed by atoms with Gasteiger partial charge in [-0.3, -0.25) is 0 Å². The first-order valence-corrected chi connectivity index (χ1v) is 26.4. The van der Waals surface area contributed by atoms with Crippen molar-refractivity contribution in [3.8, 4) is 22.5 Å². The molecule has 0 spiro atoms. The quantitative estimate of drug-likeness (QED) is 0.0984. The van der Waals surface area contributed by atoms with Gasteiger partial charge >= 0.3 is 0 Å². The zero-order valence-electron chi connectivity index (χ0n) is 40.3. The van der Waals surface area contributed by atoms with Crippen molar-refractivity contribution in [2.75, 3.05) is 18.0 Å². The van der Waals surface area contributed by atoms with E-state index in [1.165, 1.54) is 162 Å². The summed E-state index contributed by atoms with van der Waals surface area (Å²) in [6.07, 6.45) is 39.0.